The molecule has 4 nitrogen and oxygen atoms in total. The third-order valence-corrected chi connectivity index (χ3v) is 5.43. The lowest BCUT2D eigenvalue weighted by atomic mass is 10.2. The number of fused-ring (bicyclic) bond motifs is 1. The predicted octanol–water partition coefficient (Wildman–Crippen LogP) is 2.72. The molecule has 18 heavy (non-hydrogen) atoms. The molecule has 6 heteroatoms. The highest BCUT2D eigenvalue weighted by atomic mass is 32.2. The number of hydrogen-bond acceptors (Lipinski definition) is 6. The fraction of sp³-hybridized carbons (Fsp3) is 0.417. The lowest BCUT2D eigenvalue weighted by Gasteiger charge is -2.06. The van der Waals surface area contributed by atoms with Crippen molar-refractivity contribution in [1.82, 2.24) is 9.97 Å². The summed E-state index contributed by atoms with van der Waals surface area (Å²) in [5.41, 5.74) is 1.21. The van der Waals surface area contributed by atoms with Gasteiger partial charge in [0.1, 0.15) is 21.4 Å². The Bertz CT molecular complexity index is 624. The molecule has 3 heterocycles. The highest BCUT2D eigenvalue weighted by Crippen LogP contribution is 2.37. The molecular weight excluding hydrogens is 268 g/mol. The quantitative estimate of drug-likeness (QED) is 0.625. The number of thioether (sulfide) groups is 1. The second kappa shape index (κ2) is 4.51. The molecule has 2 aromatic heterocycles. The zero-order valence-electron chi connectivity index (χ0n) is 10.1. The van der Waals surface area contributed by atoms with Gasteiger partial charge in [-0.1, -0.05) is 11.8 Å². The molecule has 1 fully saturated rings. The monoisotopic (exact) mass is 280 g/mol. The maximum Gasteiger partial charge on any atom is 0.319 e. The number of nitrogens with zero attached hydrogens (tertiary/aromatic N) is 2. The summed E-state index contributed by atoms with van der Waals surface area (Å²) in [6.07, 6.45) is 2.33. The van der Waals surface area contributed by atoms with E-state index in [4.69, 9.17) is 4.74 Å². The van der Waals surface area contributed by atoms with Crippen LogP contribution in [0.1, 0.15) is 16.9 Å². The Hall–Kier alpha value is -1.14. The molecule has 0 N–H and O–H groups in total. The number of rotatable bonds is 2. The number of thiophene rings is 1. The Morgan fingerprint density at radius 2 is 2.28 bits per heavy atom. The molecule has 0 bridgehead atoms. The van der Waals surface area contributed by atoms with E-state index in [1.165, 1.54) is 22.2 Å². The average molecular weight is 280 g/mol. The van der Waals surface area contributed by atoms with Crippen LogP contribution in [0.3, 0.4) is 0 Å². The molecule has 1 atom stereocenters. The van der Waals surface area contributed by atoms with Crippen LogP contribution in [0.25, 0.3) is 10.2 Å². The first kappa shape index (κ1) is 11.9. The van der Waals surface area contributed by atoms with Crippen molar-refractivity contribution >= 4 is 39.3 Å². The summed E-state index contributed by atoms with van der Waals surface area (Å²) in [4.78, 5) is 22.4. The zero-order chi connectivity index (χ0) is 12.7. The second-order valence-electron chi connectivity index (χ2n) is 4.20. The normalized spacial score (nSPS) is 19.4. The minimum absolute atomic E-state index is 0.122. The van der Waals surface area contributed by atoms with Gasteiger partial charge < -0.3 is 4.74 Å². The summed E-state index contributed by atoms with van der Waals surface area (Å²) in [6.45, 7) is 4.68. The standard InChI is InChI=1S/C12H12N2O2S2/c1-6-7(2)17-10-9(6)11(14-5-13-10)18-8-3-4-16-12(8)15/h5,8H,3-4H2,1-2H3/t8-/m0/s1. The number of esters is 1. The van der Waals surface area contributed by atoms with Crippen LogP contribution < -0.4 is 0 Å². The number of carbonyl (C=O) groups excluding carboxylic acids is 1. The summed E-state index contributed by atoms with van der Waals surface area (Å²) < 4.78 is 4.98. The van der Waals surface area contributed by atoms with Crippen LogP contribution in [-0.4, -0.2) is 27.8 Å². The second-order valence-corrected chi connectivity index (χ2v) is 6.60. The van der Waals surface area contributed by atoms with E-state index in [9.17, 15) is 4.79 Å². The van der Waals surface area contributed by atoms with Crippen molar-refractivity contribution in [2.45, 2.75) is 30.5 Å². The van der Waals surface area contributed by atoms with Crippen molar-refractivity contribution in [1.29, 1.82) is 0 Å². The van der Waals surface area contributed by atoms with Crippen molar-refractivity contribution in [3.8, 4) is 0 Å². The highest BCUT2D eigenvalue weighted by Gasteiger charge is 2.29. The van der Waals surface area contributed by atoms with Crippen LogP contribution in [0, 0.1) is 13.8 Å². The summed E-state index contributed by atoms with van der Waals surface area (Å²) in [5, 5.41) is 1.86. The summed E-state index contributed by atoms with van der Waals surface area (Å²) in [5.74, 6) is -0.128. The van der Waals surface area contributed by atoms with Gasteiger partial charge in [-0.2, -0.15) is 0 Å². The third-order valence-electron chi connectivity index (χ3n) is 3.07. The number of aryl methyl sites for hydroxylation is 2. The number of cyclic esters (lactones) is 1. The molecule has 1 saturated heterocycles. The molecule has 0 unspecified atom stereocenters. The van der Waals surface area contributed by atoms with Gasteiger partial charge >= 0.3 is 5.97 Å². The van der Waals surface area contributed by atoms with Gasteiger partial charge in [0.15, 0.2) is 0 Å². The maximum absolute atomic E-state index is 11.5. The van der Waals surface area contributed by atoms with Crippen LogP contribution in [0.2, 0.25) is 0 Å². The smallest absolute Gasteiger partial charge is 0.319 e. The van der Waals surface area contributed by atoms with E-state index >= 15 is 0 Å². The average Bonchev–Trinajstić information content (AvgIpc) is 2.86. The van der Waals surface area contributed by atoms with Gasteiger partial charge in [0.25, 0.3) is 0 Å². The third kappa shape index (κ3) is 1.89. The Balaban J connectivity index is 2.03. The Kier molecular flexibility index (Phi) is 2.99. The maximum atomic E-state index is 11.5. The molecule has 0 aliphatic carbocycles. The molecule has 0 saturated carbocycles. The van der Waals surface area contributed by atoms with Crippen molar-refractivity contribution in [2.24, 2.45) is 0 Å². The first-order valence-electron chi connectivity index (χ1n) is 5.71. The molecule has 1 aliphatic rings. The van der Waals surface area contributed by atoms with Crippen molar-refractivity contribution in [3.63, 3.8) is 0 Å². The summed E-state index contributed by atoms with van der Waals surface area (Å²) in [6, 6.07) is 0. The summed E-state index contributed by atoms with van der Waals surface area (Å²) >= 11 is 3.17. The van der Waals surface area contributed by atoms with Crippen LogP contribution in [0.5, 0.6) is 0 Å². The van der Waals surface area contributed by atoms with Gasteiger partial charge in [-0.05, 0) is 19.4 Å². The Labute approximate surface area is 113 Å². The molecule has 94 valence electrons. The van der Waals surface area contributed by atoms with Crippen molar-refractivity contribution in [2.75, 3.05) is 6.61 Å². The first-order chi connectivity index (χ1) is 8.66. The minimum atomic E-state index is -0.128. The van der Waals surface area contributed by atoms with Crippen LogP contribution in [0.15, 0.2) is 11.4 Å². The number of ether oxygens (including phenoxy) is 1. The zero-order valence-corrected chi connectivity index (χ0v) is 11.7. The van der Waals surface area contributed by atoms with E-state index in [1.54, 1.807) is 17.7 Å². The lowest BCUT2D eigenvalue weighted by molar-refractivity contribution is -0.137. The van der Waals surface area contributed by atoms with E-state index in [2.05, 4.69) is 23.8 Å². The molecule has 1 aliphatic heterocycles. The Morgan fingerprint density at radius 3 is 3.00 bits per heavy atom. The van der Waals surface area contributed by atoms with Gasteiger partial charge in [-0.3, -0.25) is 4.79 Å². The molecule has 0 radical (unpaired) electrons. The fourth-order valence-electron chi connectivity index (χ4n) is 1.96. The van der Waals surface area contributed by atoms with Crippen molar-refractivity contribution in [3.05, 3.63) is 16.8 Å². The molecule has 0 aromatic carbocycles. The largest absolute Gasteiger partial charge is 0.465 e. The molecular formula is C12H12N2O2S2. The highest BCUT2D eigenvalue weighted by molar-refractivity contribution is 8.00. The van der Waals surface area contributed by atoms with E-state index in [-0.39, 0.29) is 11.2 Å². The summed E-state index contributed by atoms with van der Waals surface area (Å²) in [7, 11) is 0. The van der Waals surface area contributed by atoms with E-state index in [0.29, 0.717) is 6.61 Å². The van der Waals surface area contributed by atoms with Gasteiger partial charge in [0.2, 0.25) is 0 Å². The number of aromatic nitrogens is 2. The first-order valence-corrected chi connectivity index (χ1v) is 7.40. The van der Waals surface area contributed by atoms with E-state index < -0.39 is 0 Å². The van der Waals surface area contributed by atoms with Gasteiger partial charge in [0.05, 0.1) is 6.61 Å². The lowest BCUT2D eigenvalue weighted by Crippen LogP contribution is -2.09. The minimum Gasteiger partial charge on any atom is -0.465 e. The number of hydrogen-bond donors (Lipinski definition) is 0. The molecule has 0 amide bonds. The SMILES string of the molecule is Cc1sc2ncnc(S[C@H]3CCOC3=O)c2c1C. The van der Waals surface area contributed by atoms with Crippen molar-refractivity contribution < 1.29 is 9.53 Å². The van der Waals surface area contributed by atoms with Crippen LogP contribution in [-0.2, 0) is 9.53 Å². The molecule has 2 aromatic rings. The van der Waals surface area contributed by atoms with Gasteiger partial charge in [-0.15, -0.1) is 11.3 Å². The fourth-order valence-corrected chi connectivity index (χ4v) is 4.14. The van der Waals surface area contributed by atoms with Crippen LogP contribution >= 0.6 is 23.1 Å². The Morgan fingerprint density at radius 1 is 1.44 bits per heavy atom. The van der Waals surface area contributed by atoms with Gasteiger partial charge in [-0.25, -0.2) is 9.97 Å². The van der Waals surface area contributed by atoms with E-state index in [0.717, 1.165) is 21.7 Å². The van der Waals surface area contributed by atoms with Gasteiger partial charge in [0, 0.05) is 16.7 Å². The number of carbonyl (C=O) groups is 1. The topological polar surface area (TPSA) is 52.1 Å². The molecule has 3 rings (SSSR count). The predicted molar refractivity (Wildman–Crippen MR) is 72.1 cm³/mol. The van der Waals surface area contributed by atoms with E-state index in [1.807, 2.05) is 0 Å². The molecule has 0 spiro atoms. The van der Waals surface area contributed by atoms with Crippen LogP contribution in [0.4, 0.5) is 0 Å².